The average Bonchev–Trinajstić information content (AvgIpc) is 2.01. The molecule has 0 bridgehead atoms. The fourth-order valence-electron chi connectivity index (χ4n) is 2.66. The van der Waals surface area contributed by atoms with E-state index in [2.05, 4.69) is 18.9 Å². The van der Waals surface area contributed by atoms with Crippen molar-refractivity contribution in [2.45, 2.75) is 25.4 Å². The molecule has 1 saturated heterocycles. The van der Waals surface area contributed by atoms with E-state index in [1.165, 1.54) is 13.0 Å². The molecule has 2 aliphatic rings. The molecular weight excluding hydrogens is 124 g/mol. The Balaban J connectivity index is 2.09. The quantitative estimate of drug-likeness (QED) is 0.524. The summed E-state index contributed by atoms with van der Waals surface area (Å²) >= 11 is 0. The van der Waals surface area contributed by atoms with E-state index in [0.29, 0.717) is 6.04 Å². The summed E-state index contributed by atoms with van der Waals surface area (Å²) in [5.41, 5.74) is 5.96. The summed E-state index contributed by atoms with van der Waals surface area (Å²) in [6.45, 7) is 3.61. The van der Waals surface area contributed by atoms with E-state index in [0.717, 1.165) is 17.9 Å². The molecule has 4 unspecified atom stereocenters. The fourth-order valence-corrected chi connectivity index (χ4v) is 2.66. The first-order valence-corrected chi connectivity index (χ1v) is 4.16. The van der Waals surface area contributed by atoms with E-state index in [1.54, 1.807) is 0 Å². The molecule has 0 aromatic rings. The first-order valence-electron chi connectivity index (χ1n) is 4.16. The molecule has 10 heavy (non-hydrogen) atoms. The van der Waals surface area contributed by atoms with Crippen molar-refractivity contribution in [1.82, 2.24) is 4.90 Å². The van der Waals surface area contributed by atoms with Gasteiger partial charge in [0.05, 0.1) is 0 Å². The van der Waals surface area contributed by atoms with Crippen molar-refractivity contribution < 1.29 is 0 Å². The van der Waals surface area contributed by atoms with Crippen LogP contribution < -0.4 is 5.73 Å². The highest BCUT2D eigenvalue weighted by Crippen LogP contribution is 2.40. The zero-order chi connectivity index (χ0) is 7.30. The lowest BCUT2D eigenvalue weighted by Gasteiger charge is -2.45. The number of likely N-dealkylation sites (N-methyl/N-ethyl adjacent to an activating group) is 1. The van der Waals surface area contributed by atoms with E-state index < -0.39 is 0 Å². The van der Waals surface area contributed by atoms with E-state index in [9.17, 15) is 0 Å². The smallest absolute Gasteiger partial charge is 0.0287 e. The van der Waals surface area contributed by atoms with Crippen LogP contribution in [0.15, 0.2) is 0 Å². The molecule has 2 rings (SSSR count). The summed E-state index contributed by atoms with van der Waals surface area (Å²) in [5, 5.41) is 0. The number of nitrogens with two attached hydrogens (primary N) is 1. The van der Waals surface area contributed by atoms with Gasteiger partial charge in [-0.15, -0.1) is 0 Å². The molecule has 0 aromatic carbocycles. The molecule has 1 saturated carbocycles. The molecule has 2 fully saturated rings. The minimum Gasteiger partial charge on any atom is -0.326 e. The predicted octanol–water partition coefficient (Wildman–Crippen LogP) is 0.284. The van der Waals surface area contributed by atoms with Gasteiger partial charge in [-0.25, -0.2) is 0 Å². The van der Waals surface area contributed by atoms with Gasteiger partial charge >= 0.3 is 0 Å². The topological polar surface area (TPSA) is 29.3 Å². The van der Waals surface area contributed by atoms with Gasteiger partial charge in [0.1, 0.15) is 0 Å². The third-order valence-electron chi connectivity index (χ3n) is 3.26. The normalized spacial score (nSPS) is 54.3. The van der Waals surface area contributed by atoms with Gasteiger partial charge in [-0.1, -0.05) is 6.92 Å². The Morgan fingerprint density at radius 1 is 1.50 bits per heavy atom. The second-order valence-corrected chi connectivity index (χ2v) is 3.97. The Bertz CT molecular complexity index is 146. The largest absolute Gasteiger partial charge is 0.326 e. The lowest BCUT2D eigenvalue weighted by molar-refractivity contribution is 0.0412. The number of likely N-dealkylation sites (tertiary alicyclic amines) is 1. The molecule has 0 amide bonds. The van der Waals surface area contributed by atoms with Gasteiger partial charge in [0, 0.05) is 18.6 Å². The Hall–Kier alpha value is -0.0800. The van der Waals surface area contributed by atoms with Crippen molar-refractivity contribution in [2.24, 2.45) is 17.6 Å². The third kappa shape index (κ3) is 0.663. The first-order chi connectivity index (χ1) is 4.70. The average molecular weight is 140 g/mol. The maximum absolute atomic E-state index is 5.96. The Morgan fingerprint density at radius 2 is 2.20 bits per heavy atom. The summed E-state index contributed by atoms with van der Waals surface area (Å²) in [6.07, 6.45) is 1.24. The molecule has 0 aromatic heterocycles. The number of rotatable bonds is 0. The summed E-state index contributed by atoms with van der Waals surface area (Å²) in [6, 6.07) is 1.17. The number of fused-ring (bicyclic) bond motifs is 1. The van der Waals surface area contributed by atoms with Gasteiger partial charge in [0.15, 0.2) is 0 Å². The highest BCUT2D eigenvalue weighted by atomic mass is 15.2. The molecule has 4 atom stereocenters. The van der Waals surface area contributed by atoms with Gasteiger partial charge in [-0.2, -0.15) is 0 Å². The zero-order valence-electron chi connectivity index (χ0n) is 6.75. The van der Waals surface area contributed by atoms with Crippen LogP contribution >= 0.6 is 0 Å². The van der Waals surface area contributed by atoms with Gasteiger partial charge in [0.25, 0.3) is 0 Å². The van der Waals surface area contributed by atoms with Crippen molar-refractivity contribution in [3.63, 3.8) is 0 Å². The summed E-state index contributed by atoms with van der Waals surface area (Å²) in [4.78, 5) is 2.39. The van der Waals surface area contributed by atoms with Crippen LogP contribution in [0.3, 0.4) is 0 Å². The van der Waals surface area contributed by atoms with Crippen LogP contribution in [0.1, 0.15) is 13.3 Å². The molecule has 58 valence electrons. The number of nitrogens with zero attached hydrogens (tertiary/aromatic N) is 1. The van der Waals surface area contributed by atoms with Crippen LogP contribution in [0, 0.1) is 11.8 Å². The fraction of sp³-hybridized carbons (Fsp3) is 1.00. The van der Waals surface area contributed by atoms with E-state index >= 15 is 0 Å². The second-order valence-electron chi connectivity index (χ2n) is 3.97. The third-order valence-corrected chi connectivity index (χ3v) is 3.26. The minimum absolute atomic E-state index is 0.457. The Kier molecular flexibility index (Phi) is 1.29. The van der Waals surface area contributed by atoms with Crippen LogP contribution in [0.25, 0.3) is 0 Å². The van der Waals surface area contributed by atoms with Gasteiger partial charge < -0.3 is 10.6 Å². The van der Waals surface area contributed by atoms with E-state index in [-0.39, 0.29) is 0 Å². The number of hydrogen-bond donors (Lipinski definition) is 1. The van der Waals surface area contributed by atoms with Crippen LogP contribution in [0.2, 0.25) is 0 Å². The highest BCUT2D eigenvalue weighted by molar-refractivity contribution is 5.04. The molecule has 1 aliphatic heterocycles. The van der Waals surface area contributed by atoms with Gasteiger partial charge in [0.2, 0.25) is 0 Å². The summed E-state index contributed by atoms with van der Waals surface area (Å²) in [5.74, 6) is 1.79. The SMILES string of the molecule is CC1CC(N)C2C1CN2C. The number of hydrogen-bond acceptors (Lipinski definition) is 2. The predicted molar refractivity (Wildman–Crippen MR) is 41.7 cm³/mol. The Labute approximate surface area is 62.4 Å². The van der Waals surface area contributed by atoms with Crippen molar-refractivity contribution >= 4 is 0 Å². The minimum atomic E-state index is 0.457. The molecule has 1 aliphatic carbocycles. The Morgan fingerprint density at radius 3 is 2.60 bits per heavy atom. The molecular formula is C8H16N2. The highest BCUT2D eigenvalue weighted by Gasteiger charge is 2.48. The molecule has 1 heterocycles. The summed E-state index contributed by atoms with van der Waals surface area (Å²) in [7, 11) is 2.18. The maximum Gasteiger partial charge on any atom is 0.0287 e. The van der Waals surface area contributed by atoms with E-state index in [1.807, 2.05) is 0 Å². The first kappa shape index (κ1) is 6.62. The lowest BCUT2D eigenvalue weighted by atomic mass is 9.86. The van der Waals surface area contributed by atoms with Crippen molar-refractivity contribution in [2.75, 3.05) is 13.6 Å². The monoisotopic (exact) mass is 140 g/mol. The maximum atomic E-state index is 5.96. The second kappa shape index (κ2) is 1.95. The van der Waals surface area contributed by atoms with Gasteiger partial charge in [-0.3, -0.25) is 0 Å². The van der Waals surface area contributed by atoms with Crippen molar-refractivity contribution in [1.29, 1.82) is 0 Å². The molecule has 0 spiro atoms. The zero-order valence-corrected chi connectivity index (χ0v) is 6.75. The van der Waals surface area contributed by atoms with E-state index in [4.69, 9.17) is 5.73 Å². The standard InChI is InChI=1S/C8H16N2/c1-5-3-7(9)8-6(5)4-10(8)2/h5-8H,3-4,9H2,1-2H3. The van der Waals surface area contributed by atoms with Crippen molar-refractivity contribution in [3.05, 3.63) is 0 Å². The molecule has 2 heteroatoms. The molecule has 2 nitrogen and oxygen atoms in total. The van der Waals surface area contributed by atoms with Crippen molar-refractivity contribution in [3.8, 4) is 0 Å². The van der Waals surface area contributed by atoms with Crippen LogP contribution in [-0.2, 0) is 0 Å². The lowest BCUT2D eigenvalue weighted by Crippen LogP contribution is -2.58. The van der Waals surface area contributed by atoms with Gasteiger partial charge in [-0.05, 0) is 25.3 Å². The van der Waals surface area contributed by atoms with Crippen LogP contribution in [0.5, 0.6) is 0 Å². The van der Waals surface area contributed by atoms with Crippen LogP contribution in [0.4, 0.5) is 0 Å². The van der Waals surface area contributed by atoms with Crippen LogP contribution in [-0.4, -0.2) is 30.6 Å². The molecule has 2 N–H and O–H groups in total. The summed E-state index contributed by atoms with van der Waals surface area (Å²) < 4.78 is 0. The molecule has 0 radical (unpaired) electrons.